The molecule has 5 heteroatoms. The average molecular weight is 359 g/mol. The normalized spacial score (nSPS) is 10.8. The summed E-state index contributed by atoms with van der Waals surface area (Å²) < 4.78 is 3.25. The number of benzene rings is 1. The summed E-state index contributed by atoms with van der Waals surface area (Å²) in [4.78, 5) is 0. The second-order valence-electron chi connectivity index (χ2n) is 3.71. The maximum absolute atomic E-state index is 4.25. The molecular formula is C12H13Br2N3. The zero-order valence-corrected chi connectivity index (χ0v) is 12.7. The van der Waals surface area contributed by atoms with Crippen LogP contribution in [0.4, 0.5) is 0 Å². The van der Waals surface area contributed by atoms with E-state index in [1.54, 1.807) is 0 Å². The molecule has 0 N–H and O–H groups in total. The Morgan fingerprint density at radius 2 is 1.76 bits per heavy atom. The predicted molar refractivity (Wildman–Crippen MR) is 75.3 cm³/mol. The minimum absolute atomic E-state index is 0.744. The summed E-state index contributed by atoms with van der Waals surface area (Å²) in [7, 11) is 0. The molecule has 0 bridgehead atoms. The van der Waals surface area contributed by atoms with Gasteiger partial charge in [0.1, 0.15) is 11.6 Å². The molecule has 2 aromatic rings. The third kappa shape index (κ3) is 2.96. The molecule has 0 aliphatic rings. The van der Waals surface area contributed by atoms with E-state index < -0.39 is 0 Å². The predicted octanol–water partition coefficient (Wildman–Crippen LogP) is 3.55. The maximum atomic E-state index is 4.25. The van der Waals surface area contributed by atoms with Gasteiger partial charge in [-0.15, -0.1) is 10.2 Å². The van der Waals surface area contributed by atoms with Gasteiger partial charge in [-0.25, -0.2) is 0 Å². The first-order valence-corrected chi connectivity index (χ1v) is 7.37. The summed E-state index contributed by atoms with van der Waals surface area (Å²) in [5.74, 6) is 2.00. The molecule has 17 heavy (non-hydrogen) atoms. The molecule has 0 amide bonds. The van der Waals surface area contributed by atoms with Crippen molar-refractivity contribution in [3.8, 4) is 0 Å². The summed E-state index contributed by atoms with van der Waals surface area (Å²) in [5, 5.41) is 9.17. The average Bonchev–Trinajstić information content (AvgIpc) is 2.74. The van der Waals surface area contributed by atoms with Gasteiger partial charge in [0.2, 0.25) is 0 Å². The Balaban J connectivity index is 2.23. The van der Waals surface area contributed by atoms with Crippen LogP contribution in [0.5, 0.6) is 0 Å². The summed E-state index contributed by atoms with van der Waals surface area (Å²) in [5.41, 5.74) is 1.25. The second-order valence-corrected chi connectivity index (χ2v) is 5.19. The van der Waals surface area contributed by atoms with Crippen LogP contribution in [0.2, 0.25) is 0 Å². The Hall–Kier alpha value is -0.680. The van der Waals surface area contributed by atoms with Gasteiger partial charge >= 0.3 is 0 Å². The lowest BCUT2D eigenvalue weighted by molar-refractivity contribution is 0.688. The molecule has 0 spiro atoms. The van der Waals surface area contributed by atoms with Crippen LogP contribution < -0.4 is 0 Å². The van der Waals surface area contributed by atoms with Gasteiger partial charge in [-0.05, 0) is 24.6 Å². The van der Waals surface area contributed by atoms with Crippen molar-refractivity contribution in [1.82, 2.24) is 14.8 Å². The number of aromatic nitrogens is 3. The van der Waals surface area contributed by atoms with E-state index in [2.05, 4.69) is 65.7 Å². The molecule has 0 radical (unpaired) electrons. The molecule has 0 fully saturated rings. The van der Waals surface area contributed by atoms with Crippen molar-refractivity contribution in [3.63, 3.8) is 0 Å². The lowest BCUT2D eigenvalue weighted by Gasteiger charge is -2.06. The van der Waals surface area contributed by atoms with Crippen LogP contribution in [-0.4, -0.2) is 14.8 Å². The van der Waals surface area contributed by atoms with Crippen LogP contribution in [0.3, 0.4) is 0 Å². The van der Waals surface area contributed by atoms with Crippen molar-refractivity contribution in [2.45, 2.75) is 25.2 Å². The van der Waals surface area contributed by atoms with E-state index in [1.807, 2.05) is 12.1 Å². The van der Waals surface area contributed by atoms with Crippen LogP contribution >= 0.6 is 31.9 Å². The van der Waals surface area contributed by atoms with E-state index >= 15 is 0 Å². The highest BCUT2D eigenvalue weighted by atomic mass is 79.9. The standard InChI is InChI=1S/C12H13Br2N3/c1-2-17-11(15-16-12(17)8-13)7-9-3-5-10(14)6-4-9/h3-6H,2,7-8H2,1H3. The van der Waals surface area contributed by atoms with Crippen molar-refractivity contribution in [3.05, 3.63) is 46.0 Å². The highest BCUT2D eigenvalue weighted by molar-refractivity contribution is 9.10. The molecule has 3 nitrogen and oxygen atoms in total. The molecule has 1 aromatic carbocycles. The summed E-state index contributed by atoms with van der Waals surface area (Å²) in [6.45, 7) is 3.01. The lowest BCUT2D eigenvalue weighted by atomic mass is 10.1. The van der Waals surface area contributed by atoms with Crippen molar-refractivity contribution in [1.29, 1.82) is 0 Å². The first kappa shape index (κ1) is 12.8. The van der Waals surface area contributed by atoms with Crippen molar-refractivity contribution in [2.24, 2.45) is 0 Å². The number of alkyl halides is 1. The smallest absolute Gasteiger partial charge is 0.143 e. The lowest BCUT2D eigenvalue weighted by Crippen LogP contribution is -2.05. The fourth-order valence-corrected chi connectivity index (χ4v) is 2.43. The van der Waals surface area contributed by atoms with Gasteiger partial charge < -0.3 is 4.57 Å². The first-order chi connectivity index (χ1) is 8.24. The minimum Gasteiger partial charge on any atom is -0.314 e. The van der Waals surface area contributed by atoms with E-state index in [0.29, 0.717) is 0 Å². The molecule has 0 aliphatic heterocycles. The van der Waals surface area contributed by atoms with E-state index in [1.165, 1.54) is 5.56 Å². The van der Waals surface area contributed by atoms with Crippen molar-refractivity contribution >= 4 is 31.9 Å². The zero-order chi connectivity index (χ0) is 12.3. The van der Waals surface area contributed by atoms with Gasteiger partial charge in [-0.2, -0.15) is 0 Å². The number of hydrogen-bond donors (Lipinski definition) is 0. The van der Waals surface area contributed by atoms with Crippen molar-refractivity contribution < 1.29 is 0 Å². The third-order valence-electron chi connectivity index (χ3n) is 2.62. The van der Waals surface area contributed by atoms with Gasteiger partial charge in [0.15, 0.2) is 0 Å². The second kappa shape index (κ2) is 5.78. The van der Waals surface area contributed by atoms with Crippen LogP contribution in [0.25, 0.3) is 0 Å². The van der Waals surface area contributed by atoms with Crippen molar-refractivity contribution in [2.75, 3.05) is 0 Å². The molecule has 1 heterocycles. The molecule has 1 aromatic heterocycles. The Kier molecular flexibility index (Phi) is 4.34. The van der Waals surface area contributed by atoms with E-state index in [-0.39, 0.29) is 0 Å². The largest absolute Gasteiger partial charge is 0.314 e. The number of rotatable bonds is 4. The summed E-state index contributed by atoms with van der Waals surface area (Å²) in [6, 6.07) is 8.31. The molecular weight excluding hydrogens is 346 g/mol. The highest BCUT2D eigenvalue weighted by Gasteiger charge is 2.09. The van der Waals surface area contributed by atoms with Crippen LogP contribution in [-0.2, 0) is 18.3 Å². The fourth-order valence-electron chi connectivity index (χ4n) is 1.75. The number of nitrogens with zero attached hydrogens (tertiary/aromatic N) is 3. The van der Waals surface area contributed by atoms with E-state index in [0.717, 1.165) is 34.4 Å². The van der Waals surface area contributed by atoms with E-state index in [9.17, 15) is 0 Å². The molecule has 0 unspecified atom stereocenters. The Morgan fingerprint density at radius 3 is 2.35 bits per heavy atom. The van der Waals surface area contributed by atoms with E-state index in [4.69, 9.17) is 0 Å². The zero-order valence-electron chi connectivity index (χ0n) is 9.53. The van der Waals surface area contributed by atoms with Gasteiger partial charge in [-0.1, -0.05) is 44.0 Å². The molecule has 0 saturated carbocycles. The molecule has 0 aliphatic carbocycles. The van der Waals surface area contributed by atoms with Gasteiger partial charge in [0.25, 0.3) is 0 Å². The molecule has 2 rings (SSSR count). The number of halogens is 2. The van der Waals surface area contributed by atoms with Crippen LogP contribution in [0.1, 0.15) is 24.1 Å². The first-order valence-electron chi connectivity index (χ1n) is 5.46. The molecule has 0 atom stereocenters. The summed E-state index contributed by atoms with van der Waals surface area (Å²) >= 11 is 6.86. The van der Waals surface area contributed by atoms with Crippen LogP contribution in [0, 0.1) is 0 Å². The van der Waals surface area contributed by atoms with Crippen LogP contribution in [0.15, 0.2) is 28.7 Å². The Morgan fingerprint density at radius 1 is 1.12 bits per heavy atom. The van der Waals surface area contributed by atoms with Gasteiger partial charge in [-0.3, -0.25) is 0 Å². The molecule has 90 valence electrons. The molecule has 0 saturated heterocycles. The topological polar surface area (TPSA) is 30.7 Å². The Labute approximate surface area is 118 Å². The fraction of sp³-hybridized carbons (Fsp3) is 0.333. The maximum Gasteiger partial charge on any atom is 0.143 e. The highest BCUT2D eigenvalue weighted by Crippen LogP contribution is 2.14. The summed E-state index contributed by atoms with van der Waals surface area (Å²) in [6.07, 6.45) is 0.821. The minimum atomic E-state index is 0.744. The SMILES string of the molecule is CCn1c(CBr)nnc1Cc1ccc(Br)cc1. The third-order valence-corrected chi connectivity index (χ3v) is 3.65. The number of hydrogen-bond acceptors (Lipinski definition) is 2. The Bertz CT molecular complexity index is 491. The monoisotopic (exact) mass is 357 g/mol. The van der Waals surface area contributed by atoms with Gasteiger partial charge in [0, 0.05) is 17.4 Å². The quantitative estimate of drug-likeness (QED) is 0.782. The van der Waals surface area contributed by atoms with Gasteiger partial charge in [0.05, 0.1) is 5.33 Å².